The van der Waals surface area contributed by atoms with Crippen LogP contribution >= 0.6 is 34.7 Å². The van der Waals surface area contributed by atoms with E-state index < -0.39 is 0 Å². The van der Waals surface area contributed by atoms with Gasteiger partial charge in [0, 0.05) is 28.3 Å². The quantitative estimate of drug-likeness (QED) is 0.738. The number of rotatable bonds is 7. The van der Waals surface area contributed by atoms with Crippen LogP contribution in [0.3, 0.4) is 0 Å². The highest BCUT2D eigenvalue weighted by molar-refractivity contribution is 7.98. The van der Waals surface area contributed by atoms with Crippen LogP contribution in [0, 0.1) is 6.92 Å². The van der Waals surface area contributed by atoms with Gasteiger partial charge in [-0.25, -0.2) is 4.98 Å². The number of aryl methyl sites for hydroxylation is 1. The largest absolute Gasteiger partial charge is 0.350 e. The molecule has 1 aromatic carbocycles. The van der Waals surface area contributed by atoms with Gasteiger partial charge in [-0.3, -0.25) is 4.79 Å². The van der Waals surface area contributed by atoms with Crippen LogP contribution in [0.25, 0.3) is 0 Å². The molecule has 0 saturated heterocycles. The molecule has 0 unspecified atom stereocenters. The molecule has 0 radical (unpaired) electrons. The first kappa shape index (κ1) is 17.3. The van der Waals surface area contributed by atoms with Crippen LogP contribution in [0.15, 0.2) is 29.6 Å². The van der Waals surface area contributed by atoms with Crippen molar-refractivity contribution in [3.05, 3.63) is 50.9 Å². The molecule has 2 aromatic rings. The number of hydrogen-bond donors (Lipinski definition) is 1. The Morgan fingerprint density at radius 1 is 1.41 bits per heavy atom. The molecule has 0 spiro atoms. The van der Waals surface area contributed by atoms with Crippen LogP contribution in [0.2, 0.25) is 5.02 Å². The number of thiazole rings is 1. The number of hydrogen-bond acceptors (Lipinski definition) is 4. The van der Waals surface area contributed by atoms with Crippen molar-refractivity contribution in [3.8, 4) is 0 Å². The van der Waals surface area contributed by atoms with Crippen molar-refractivity contribution in [2.24, 2.45) is 0 Å². The van der Waals surface area contributed by atoms with Crippen molar-refractivity contribution in [1.82, 2.24) is 10.3 Å². The van der Waals surface area contributed by atoms with E-state index in [1.807, 2.05) is 38.1 Å². The van der Waals surface area contributed by atoms with Gasteiger partial charge in [0.2, 0.25) is 5.91 Å². The van der Waals surface area contributed by atoms with Crippen molar-refractivity contribution >= 4 is 40.6 Å². The van der Waals surface area contributed by atoms with E-state index >= 15 is 0 Å². The predicted molar refractivity (Wildman–Crippen MR) is 95.6 cm³/mol. The van der Waals surface area contributed by atoms with Crippen LogP contribution in [0.4, 0.5) is 0 Å². The molecule has 0 aliphatic heterocycles. The molecule has 1 N–H and O–H groups in total. The second-order valence-corrected chi connectivity index (χ2v) is 7.61. The molecule has 0 fully saturated rings. The van der Waals surface area contributed by atoms with Gasteiger partial charge >= 0.3 is 0 Å². The fraction of sp³-hybridized carbons (Fsp3) is 0.375. The molecule has 1 heterocycles. The molecular weight excluding hydrogens is 336 g/mol. The Kier molecular flexibility index (Phi) is 6.73. The summed E-state index contributed by atoms with van der Waals surface area (Å²) in [6.45, 7) is 3.98. The van der Waals surface area contributed by atoms with Crippen LogP contribution in [-0.2, 0) is 10.5 Å². The van der Waals surface area contributed by atoms with E-state index in [0.717, 1.165) is 27.8 Å². The number of aromatic nitrogens is 1. The minimum atomic E-state index is -0.00374. The van der Waals surface area contributed by atoms with E-state index in [0.29, 0.717) is 11.4 Å². The fourth-order valence-corrected chi connectivity index (χ4v) is 3.64. The van der Waals surface area contributed by atoms with E-state index in [4.69, 9.17) is 11.6 Å². The third-order valence-electron chi connectivity index (χ3n) is 3.14. The van der Waals surface area contributed by atoms with Gasteiger partial charge in [-0.2, -0.15) is 11.8 Å². The molecular formula is C16H19ClN2OS2. The van der Waals surface area contributed by atoms with Gasteiger partial charge < -0.3 is 5.32 Å². The summed E-state index contributed by atoms with van der Waals surface area (Å²) in [4.78, 5) is 16.4. The van der Waals surface area contributed by atoms with Crippen molar-refractivity contribution in [3.63, 3.8) is 0 Å². The van der Waals surface area contributed by atoms with E-state index in [9.17, 15) is 4.79 Å². The average Bonchev–Trinajstić information content (AvgIpc) is 2.90. The van der Waals surface area contributed by atoms with Crippen molar-refractivity contribution in [2.75, 3.05) is 5.75 Å². The fourth-order valence-electron chi connectivity index (χ4n) is 1.96. The van der Waals surface area contributed by atoms with Crippen LogP contribution < -0.4 is 5.32 Å². The molecule has 0 aliphatic carbocycles. The number of nitrogens with one attached hydrogen (secondary N) is 1. The molecule has 2 rings (SSSR count). The minimum absolute atomic E-state index is 0.00374. The van der Waals surface area contributed by atoms with E-state index in [2.05, 4.69) is 15.7 Å². The first-order valence-corrected chi connectivity index (χ1v) is 9.49. The summed E-state index contributed by atoms with van der Waals surface area (Å²) < 4.78 is 0. The molecule has 1 amide bonds. The molecule has 118 valence electrons. The lowest BCUT2D eigenvalue weighted by atomic mass is 10.1. The number of thioether (sulfide) groups is 1. The molecule has 22 heavy (non-hydrogen) atoms. The Hall–Kier alpha value is -1.04. The molecule has 1 aromatic heterocycles. The number of carbonyl (C=O) groups is 1. The molecule has 0 bridgehead atoms. The summed E-state index contributed by atoms with van der Waals surface area (Å²) in [6.07, 6.45) is 0.520. The van der Waals surface area contributed by atoms with Gasteiger partial charge in [-0.15, -0.1) is 11.3 Å². The monoisotopic (exact) mass is 354 g/mol. The molecule has 1 atom stereocenters. The standard InChI is InChI=1S/C16H19ClN2OS2/c1-11(13-3-5-14(17)6-4-13)18-16(20)7-8-21-9-15-10-22-12(2)19-15/h3-6,10-11H,7-9H2,1-2H3,(H,18,20)/t11-/m1/s1. The molecule has 6 heteroatoms. The Morgan fingerprint density at radius 3 is 2.77 bits per heavy atom. The SMILES string of the molecule is Cc1nc(CSCCC(=O)N[C@H](C)c2ccc(Cl)cc2)cs1. The molecule has 3 nitrogen and oxygen atoms in total. The van der Waals surface area contributed by atoms with Crippen molar-refractivity contribution in [2.45, 2.75) is 32.1 Å². The second-order valence-electron chi connectivity index (χ2n) is 5.00. The highest BCUT2D eigenvalue weighted by atomic mass is 35.5. The molecule has 0 saturated carbocycles. The summed E-state index contributed by atoms with van der Waals surface area (Å²) in [7, 11) is 0. The van der Waals surface area contributed by atoms with E-state index in [1.165, 1.54) is 0 Å². The van der Waals surface area contributed by atoms with Gasteiger partial charge in [0.25, 0.3) is 0 Å². The van der Waals surface area contributed by atoms with Crippen LogP contribution in [0.1, 0.15) is 35.7 Å². The molecule has 0 aliphatic rings. The summed E-state index contributed by atoms with van der Waals surface area (Å²) in [5.41, 5.74) is 2.16. The number of amides is 1. The zero-order valence-electron chi connectivity index (χ0n) is 12.6. The maximum Gasteiger partial charge on any atom is 0.221 e. The van der Waals surface area contributed by atoms with Crippen molar-refractivity contribution < 1.29 is 4.79 Å². The second kappa shape index (κ2) is 8.56. The lowest BCUT2D eigenvalue weighted by molar-refractivity contribution is -0.121. The number of benzene rings is 1. The van der Waals surface area contributed by atoms with Crippen LogP contribution in [-0.4, -0.2) is 16.6 Å². The third kappa shape index (κ3) is 5.63. The van der Waals surface area contributed by atoms with Gasteiger partial charge in [-0.1, -0.05) is 23.7 Å². The Morgan fingerprint density at radius 2 is 2.14 bits per heavy atom. The van der Waals surface area contributed by atoms with E-state index in [1.54, 1.807) is 23.1 Å². The van der Waals surface area contributed by atoms with Crippen LogP contribution in [0.5, 0.6) is 0 Å². The van der Waals surface area contributed by atoms with E-state index in [-0.39, 0.29) is 11.9 Å². The topological polar surface area (TPSA) is 42.0 Å². The maximum absolute atomic E-state index is 11.9. The zero-order valence-corrected chi connectivity index (χ0v) is 15.0. The lowest BCUT2D eigenvalue weighted by Crippen LogP contribution is -2.26. The van der Waals surface area contributed by atoms with Gasteiger partial charge in [0.05, 0.1) is 16.7 Å². The minimum Gasteiger partial charge on any atom is -0.350 e. The lowest BCUT2D eigenvalue weighted by Gasteiger charge is -2.14. The summed E-state index contributed by atoms with van der Waals surface area (Å²) in [5.74, 6) is 1.74. The first-order valence-electron chi connectivity index (χ1n) is 7.08. The summed E-state index contributed by atoms with van der Waals surface area (Å²) >= 11 is 9.27. The summed E-state index contributed by atoms with van der Waals surface area (Å²) in [5, 5.41) is 6.88. The number of nitrogens with zero attached hydrogens (tertiary/aromatic N) is 1. The average molecular weight is 355 g/mol. The third-order valence-corrected chi connectivity index (χ3v) is 5.20. The smallest absolute Gasteiger partial charge is 0.221 e. The number of halogens is 1. The maximum atomic E-state index is 11.9. The first-order chi connectivity index (χ1) is 10.5. The highest BCUT2D eigenvalue weighted by Gasteiger charge is 2.09. The normalized spacial score (nSPS) is 12.1. The highest BCUT2D eigenvalue weighted by Crippen LogP contribution is 2.17. The van der Waals surface area contributed by atoms with Gasteiger partial charge in [0.15, 0.2) is 0 Å². The summed E-state index contributed by atoms with van der Waals surface area (Å²) in [6, 6.07) is 7.55. The predicted octanol–water partition coefficient (Wildman–Crippen LogP) is 4.61. The zero-order chi connectivity index (χ0) is 15.9. The number of carbonyl (C=O) groups excluding carboxylic acids is 1. The van der Waals surface area contributed by atoms with Gasteiger partial charge in [0.1, 0.15) is 0 Å². The van der Waals surface area contributed by atoms with Gasteiger partial charge in [-0.05, 0) is 31.5 Å². The Balaban J connectivity index is 1.68. The Labute approximate surface area is 144 Å². The van der Waals surface area contributed by atoms with Crippen molar-refractivity contribution in [1.29, 1.82) is 0 Å². The Bertz CT molecular complexity index is 613.